The van der Waals surface area contributed by atoms with Gasteiger partial charge in [-0.2, -0.15) is 0 Å². The number of ether oxygens (including phenoxy) is 2. The SMILES string of the molecule is CC(C)(C)OCCOc1cncc(C=O)c1. The summed E-state index contributed by atoms with van der Waals surface area (Å²) in [7, 11) is 0. The van der Waals surface area contributed by atoms with Crippen LogP contribution in [-0.2, 0) is 4.74 Å². The number of carbonyl (C=O) groups is 1. The van der Waals surface area contributed by atoms with E-state index in [1.165, 1.54) is 6.20 Å². The van der Waals surface area contributed by atoms with Crippen LogP contribution in [-0.4, -0.2) is 30.1 Å². The minimum atomic E-state index is -0.160. The van der Waals surface area contributed by atoms with E-state index >= 15 is 0 Å². The van der Waals surface area contributed by atoms with E-state index in [2.05, 4.69) is 4.98 Å². The normalized spacial score (nSPS) is 11.2. The summed E-state index contributed by atoms with van der Waals surface area (Å²) in [4.78, 5) is 14.4. The zero-order valence-corrected chi connectivity index (χ0v) is 9.90. The summed E-state index contributed by atoms with van der Waals surface area (Å²) < 4.78 is 10.9. The van der Waals surface area contributed by atoms with Crippen molar-refractivity contribution in [2.24, 2.45) is 0 Å². The van der Waals surface area contributed by atoms with Crippen LogP contribution in [0.1, 0.15) is 31.1 Å². The van der Waals surface area contributed by atoms with Gasteiger partial charge in [0, 0.05) is 11.8 Å². The molecule has 0 unspecified atom stereocenters. The van der Waals surface area contributed by atoms with Gasteiger partial charge in [-0.05, 0) is 26.8 Å². The quantitative estimate of drug-likeness (QED) is 0.566. The van der Waals surface area contributed by atoms with Crippen LogP contribution in [0, 0.1) is 0 Å². The molecule has 88 valence electrons. The standard InChI is InChI=1S/C12H17NO3/c1-12(2,3)16-5-4-15-11-6-10(9-14)7-13-8-11/h6-9H,4-5H2,1-3H3. The smallest absolute Gasteiger partial charge is 0.151 e. The number of pyridine rings is 1. The highest BCUT2D eigenvalue weighted by Crippen LogP contribution is 2.10. The third-order valence-electron chi connectivity index (χ3n) is 1.76. The molecule has 1 aromatic heterocycles. The van der Waals surface area contributed by atoms with Gasteiger partial charge in [-0.1, -0.05) is 0 Å². The largest absolute Gasteiger partial charge is 0.490 e. The molecule has 0 aromatic carbocycles. The first-order chi connectivity index (χ1) is 7.51. The Morgan fingerprint density at radius 1 is 1.31 bits per heavy atom. The summed E-state index contributed by atoms with van der Waals surface area (Å²) in [6.07, 6.45) is 3.81. The Hall–Kier alpha value is -1.42. The fourth-order valence-corrected chi connectivity index (χ4v) is 1.09. The van der Waals surface area contributed by atoms with Crippen molar-refractivity contribution in [2.75, 3.05) is 13.2 Å². The molecule has 0 N–H and O–H groups in total. The molecule has 4 heteroatoms. The zero-order chi connectivity index (χ0) is 12.0. The average molecular weight is 223 g/mol. The molecule has 0 saturated heterocycles. The van der Waals surface area contributed by atoms with Gasteiger partial charge in [0.2, 0.25) is 0 Å². The summed E-state index contributed by atoms with van der Waals surface area (Å²) in [6.45, 7) is 6.92. The molecule has 4 nitrogen and oxygen atoms in total. The Balaban J connectivity index is 2.34. The number of hydrogen-bond donors (Lipinski definition) is 0. The van der Waals surface area contributed by atoms with E-state index in [9.17, 15) is 4.79 Å². The molecule has 16 heavy (non-hydrogen) atoms. The van der Waals surface area contributed by atoms with E-state index in [1.54, 1.807) is 12.3 Å². The number of aromatic nitrogens is 1. The number of carbonyl (C=O) groups excluding carboxylic acids is 1. The van der Waals surface area contributed by atoms with Gasteiger partial charge in [-0.15, -0.1) is 0 Å². The lowest BCUT2D eigenvalue weighted by Gasteiger charge is -2.19. The molecule has 0 atom stereocenters. The highest BCUT2D eigenvalue weighted by Gasteiger charge is 2.09. The van der Waals surface area contributed by atoms with Gasteiger partial charge >= 0.3 is 0 Å². The first kappa shape index (κ1) is 12.6. The van der Waals surface area contributed by atoms with Gasteiger partial charge in [0.25, 0.3) is 0 Å². The summed E-state index contributed by atoms with van der Waals surface area (Å²) in [5, 5.41) is 0. The third kappa shape index (κ3) is 4.89. The lowest BCUT2D eigenvalue weighted by atomic mass is 10.2. The number of rotatable bonds is 5. The molecule has 0 amide bonds. The molecule has 1 heterocycles. The number of hydrogen-bond acceptors (Lipinski definition) is 4. The van der Waals surface area contributed by atoms with E-state index in [4.69, 9.17) is 9.47 Å². The Labute approximate surface area is 95.6 Å². The van der Waals surface area contributed by atoms with Crippen LogP contribution >= 0.6 is 0 Å². The Morgan fingerprint density at radius 2 is 2.06 bits per heavy atom. The predicted molar refractivity (Wildman–Crippen MR) is 60.8 cm³/mol. The van der Waals surface area contributed by atoms with E-state index in [-0.39, 0.29) is 5.60 Å². The van der Waals surface area contributed by atoms with Gasteiger partial charge < -0.3 is 9.47 Å². The van der Waals surface area contributed by atoms with Gasteiger partial charge in [0.1, 0.15) is 12.4 Å². The number of aldehydes is 1. The van der Waals surface area contributed by atoms with Crippen molar-refractivity contribution in [1.29, 1.82) is 0 Å². The molecule has 1 aromatic rings. The maximum absolute atomic E-state index is 10.5. The minimum Gasteiger partial charge on any atom is -0.490 e. The molecular formula is C12H17NO3. The monoisotopic (exact) mass is 223 g/mol. The van der Waals surface area contributed by atoms with Crippen molar-refractivity contribution < 1.29 is 14.3 Å². The van der Waals surface area contributed by atoms with Crippen molar-refractivity contribution in [3.63, 3.8) is 0 Å². The van der Waals surface area contributed by atoms with Crippen LogP contribution in [0.25, 0.3) is 0 Å². The first-order valence-corrected chi connectivity index (χ1v) is 5.18. The second-order valence-electron chi connectivity index (χ2n) is 4.38. The fraction of sp³-hybridized carbons (Fsp3) is 0.500. The number of nitrogens with zero attached hydrogens (tertiary/aromatic N) is 1. The predicted octanol–water partition coefficient (Wildman–Crippen LogP) is 2.09. The molecule has 0 saturated carbocycles. The van der Waals surface area contributed by atoms with E-state index < -0.39 is 0 Å². The molecule has 1 rings (SSSR count). The fourth-order valence-electron chi connectivity index (χ4n) is 1.09. The summed E-state index contributed by atoms with van der Waals surface area (Å²) >= 11 is 0. The molecule has 0 aliphatic rings. The van der Waals surface area contributed by atoms with Gasteiger partial charge in [-0.25, -0.2) is 0 Å². The maximum Gasteiger partial charge on any atom is 0.151 e. The van der Waals surface area contributed by atoms with Crippen molar-refractivity contribution in [3.8, 4) is 5.75 Å². The highest BCUT2D eigenvalue weighted by atomic mass is 16.5. The van der Waals surface area contributed by atoms with Crippen LogP contribution in [0.2, 0.25) is 0 Å². The van der Waals surface area contributed by atoms with E-state index in [1.807, 2.05) is 20.8 Å². The molecule has 0 fully saturated rings. The molecule has 0 radical (unpaired) electrons. The average Bonchev–Trinajstić information content (AvgIpc) is 2.23. The van der Waals surface area contributed by atoms with Crippen molar-refractivity contribution >= 4 is 6.29 Å². The van der Waals surface area contributed by atoms with Gasteiger partial charge in [0.05, 0.1) is 18.4 Å². The first-order valence-electron chi connectivity index (χ1n) is 5.18. The maximum atomic E-state index is 10.5. The highest BCUT2D eigenvalue weighted by molar-refractivity contribution is 5.74. The van der Waals surface area contributed by atoms with E-state index in [0.717, 1.165) is 6.29 Å². The van der Waals surface area contributed by atoms with Gasteiger partial charge in [0.15, 0.2) is 6.29 Å². The molecule has 0 bridgehead atoms. The zero-order valence-electron chi connectivity index (χ0n) is 9.90. The van der Waals surface area contributed by atoms with Crippen LogP contribution < -0.4 is 4.74 Å². The molecule has 0 aliphatic carbocycles. The summed E-state index contributed by atoms with van der Waals surface area (Å²) in [5.41, 5.74) is 0.348. The third-order valence-corrected chi connectivity index (χ3v) is 1.76. The lowest BCUT2D eigenvalue weighted by molar-refractivity contribution is -0.0163. The Morgan fingerprint density at radius 3 is 2.69 bits per heavy atom. The molecule has 0 aliphatic heterocycles. The topological polar surface area (TPSA) is 48.4 Å². The van der Waals surface area contributed by atoms with Crippen molar-refractivity contribution in [1.82, 2.24) is 4.98 Å². The Bertz CT molecular complexity index is 344. The second-order valence-corrected chi connectivity index (χ2v) is 4.38. The lowest BCUT2D eigenvalue weighted by Crippen LogP contribution is -2.22. The Kier molecular flexibility index (Phi) is 4.43. The van der Waals surface area contributed by atoms with Crippen LogP contribution in [0.15, 0.2) is 18.5 Å². The minimum absolute atomic E-state index is 0.160. The van der Waals surface area contributed by atoms with Crippen LogP contribution in [0.3, 0.4) is 0 Å². The molecular weight excluding hydrogens is 206 g/mol. The van der Waals surface area contributed by atoms with Crippen molar-refractivity contribution in [2.45, 2.75) is 26.4 Å². The summed E-state index contributed by atoms with van der Waals surface area (Å²) in [6, 6.07) is 1.65. The van der Waals surface area contributed by atoms with Gasteiger partial charge in [-0.3, -0.25) is 9.78 Å². The van der Waals surface area contributed by atoms with Crippen LogP contribution in [0.5, 0.6) is 5.75 Å². The van der Waals surface area contributed by atoms with Crippen LogP contribution in [0.4, 0.5) is 0 Å². The van der Waals surface area contributed by atoms with E-state index in [0.29, 0.717) is 24.5 Å². The van der Waals surface area contributed by atoms with Crippen molar-refractivity contribution in [3.05, 3.63) is 24.0 Å². The summed E-state index contributed by atoms with van der Waals surface area (Å²) in [5.74, 6) is 0.585. The molecule has 0 spiro atoms. The second kappa shape index (κ2) is 5.61.